The molecule has 274 valence electrons. The number of carboxylic acid groups (broad SMARTS) is 4. The number of nitrogens with zero attached hydrogens (tertiary/aromatic N) is 2. The second kappa shape index (κ2) is 32.6. The van der Waals surface area contributed by atoms with Gasteiger partial charge in [0.2, 0.25) is 0 Å². The fourth-order valence-electron chi connectivity index (χ4n) is 5.22. The first-order valence-electron chi connectivity index (χ1n) is 17.6. The summed E-state index contributed by atoms with van der Waals surface area (Å²) in [7, 11) is 0. The molecule has 0 spiro atoms. The molecule has 0 aliphatic rings. The molecule has 2 unspecified atom stereocenters. The lowest BCUT2D eigenvalue weighted by molar-refractivity contribution is -0.511. The quantitative estimate of drug-likeness (QED) is 0.0293. The van der Waals surface area contributed by atoms with Crippen LogP contribution in [0.3, 0.4) is 0 Å². The number of hydrogen-bond acceptors (Lipinski definition) is 8. The Bertz CT molecular complexity index is 841. The second-order valence-electron chi connectivity index (χ2n) is 12.3. The predicted molar refractivity (Wildman–Crippen MR) is 177 cm³/mol. The summed E-state index contributed by atoms with van der Waals surface area (Å²) in [5, 5.41) is 55.4. The minimum absolute atomic E-state index is 0.110. The zero-order valence-corrected chi connectivity index (χ0v) is 28.2. The Kier molecular flexibility index (Phi) is 31.8. The van der Waals surface area contributed by atoms with Gasteiger partial charge in [-0.05, 0) is 25.7 Å². The third-order valence-electron chi connectivity index (χ3n) is 8.07. The van der Waals surface area contributed by atoms with E-state index in [-0.39, 0.29) is 25.7 Å². The number of aliphatic carboxylic acids is 4. The van der Waals surface area contributed by atoms with Crippen molar-refractivity contribution in [3.8, 4) is 0 Å². The summed E-state index contributed by atoms with van der Waals surface area (Å²) >= 11 is 0. The van der Waals surface area contributed by atoms with Crippen LogP contribution in [0, 0.1) is 20.2 Å². The molecule has 0 heterocycles. The maximum atomic E-state index is 10.7. The lowest BCUT2D eigenvalue weighted by Crippen LogP contribution is -2.28. The summed E-state index contributed by atoms with van der Waals surface area (Å²) < 4.78 is 0. The number of hydrogen-bond donors (Lipinski definition) is 4. The molecule has 2 atom stereocenters. The second-order valence-corrected chi connectivity index (χ2v) is 12.3. The Hall–Kier alpha value is -3.32. The minimum atomic E-state index is -1.46. The highest BCUT2D eigenvalue weighted by molar-refractivity contribution is 5.72. The van der Waals surface area contributed by atoms with Gasteiger partial charge >= 0.3 is 36.0 Å². The van der Waals surface area contributed by atoms with E-state index in [0.29, 0.717) is 12.8 Å². The maximum Gasteiger partial charge on any atom is 0.379 e. The van der Waals surface area contributed by atoms with Crippen molar-refractivity contribution in [3.63, 3.8) is 0 Å². The summed E-state index contributed by atoms with van der Waals surface area (Å²) in [4.78, 5) is 61.5. The maximum absolute atomic E-state index is 10.7. The van der Waals surface area contributed by atoms with Gasteiger partial charge in [0.05, 0.1) is 0 Å². The molecule has 0 aliphatic heterocycles. The van der Waals surface area contributed by atoms with Gasteiger partial charge in [-0.25, -0.2) is 9.59 Å². The monoisotopic (exact) mass is 676 g/mol. The standard InChI is InChI=1S/C17H31NO6.C16H29NO6/c19-16(20)14-12-10-8-6-4-2-1-3-5-7-9-11-13-15(17(21)22)18(23)24;18-15(19)13-11-9-7-5-3-1-2-4-6-8-10-12-14(16(20)21)17(22)23/h15H,1-14H2,(H,19,20)(H,21,22);14H,1-13H2,(H,18,19)(H,20,21). The Balaban J connectivity index is 0. The summed E-state index contributed by atoms with van der Waals surface area (Å²) in [5.74, 6) is -4.13. The predicted octanol–water partition coefficient (Wildman–Crippen LogP) is 8.13. The molecule has 14 nitrogen and oxygen atoms in total. The van der Waals surface area contributed by atoms with E-state index < -0.39 is 45.8 Å². The Morgan fingerprint density at radius 3 is 0.745 bits per heavy atom. The van der Waals surface area contributed by atoms with Crippen molar-refractivity contribution in [2.45, 2.75) is 185 Å². The summed E-state index contributed by atoms with van der Waals surface area (Å²) in [6.07, 6.45) is 24.0. The van der Waals surface area contributed by atoms with E-state index in [1.807, 2.05) is 0 Å². The van der Waals surface area contributed by atoms with Crippen molar-refractivity contribution >= 4 is 23.9 Å². The van der Waals surface area contributed by atoms with Gasteiger partial charge in [0.25, 0.3) is 0 Å². The average Bonchev–Trinajstić information content (AvgIpc) is 2.98. The van der Waals surface area contributed by atoms with Crippen LogP contribution in [-0.2, 0) is 19.2 Å². The molecule has 0 aliphatic carbocycles. The van der Waals surface area contributed by atoms with Crippen molar-refractivity contribution in [1.82, 2.24) is 0 Å². The van der Waals surface area contributed by atoms with E-state index in [0.717, 1.165) is 116 Å². The molecular weight excluding hydrogens is 616 g/mol. The highest BCUT2D eigenvalue weighted by Crippen LogP contribution is 2.15. The van der Waals surface area contributed by atoms with E-state index >= 15 is 0 Å². The van der Waals surface area contributed by atoms with Crippen molar-refractivity contribution in [2.24, 2.45) is 0 Å². The minimum Gasteiger partial charge on any atom is -0.481 e. The van der Waals surface area contributed by atoms with Crippen molar-refractivity contribution < 1.29 is 49.5 Å². The molecule has 47 heavy (non-hydrogen) atoms. The highest BCUT2D eigenvalue weighted by atomic mass is 16.6. The van der Waals surface area contributed by atoms with Gasteiger partial charge in [0.1, 0.15) is 0 Å². The molecule has 0 saturated carbocycles. The molecule has 0 aromatic carbocycles. The summed E-state index contributed by atoms with van der Waals surface area (Å²) in [5.41, 5.74) is 0. The van der Waals surface area contributed by atoms with Crippen LogP contribution >= 0.6 is 0 Å². The van der Waals surface area contributed by atoms with Crippen LogP contribution in [0.4, 0.5) is 0 Å². The normalized spacial score (nSPS) is 12.0. The van der Waals surface area contributed by atoms with Crippen LogP contribution in [0.1, 0.15) is 173 Å². The zero-order valence-electron chi connectivity index (χ0n) is 28.2. The van der Waals surface area contributed by atoms with E-state index in [1.54, 1.807) is 0 Å². The number of rotatable bonds is 33. The Morgan fingerprint density at radius 2 is 0.574 bits per heavy atom. The van der Waals surface area contributed by atoms with Gasteiger partial charge in [-0.3, -0.25) is 29.8 Å². The first kappa shape index (κ1) is 45.8. The Morgan fingerprint density at radius 1 is 0.383 bits per heavy atom. The number of unbranched alkanes of at least 4 members (excludes halogenated alkanes) is 21. The molecule has 4 N–H and O–H groups in total. The fourth-order valence-corrected chi connectivity index (χ4v) is 5.22. The fraction of sp³-hybridized carbons (Fsp3) is 0.879. The lowest BCUT2D eigenvalue weighted by Gasteiger charge is -2.05. The molecule has 0 bridgehead atoms. The van der Waals surface area contributed by atoms with Crippen LogP contribution in [0.2, 0.25) is 0 Å². The first-order valence-corrected chi connectivity index (χ1v) is 17.6. The molecule has 0 fully saturated rings. The van der Waals surface area contributed by atoms with Crippen LogP contribution in [0.15, 0.2) is 0 Å². The van der Waals surface area contributed by atoms with Crippen molar-refractivity contribution in [2.75, 3.05) is 0 Å². The number of carboxylic acids is 4. The van der Waals surface area contributed by atoms with Gasteiger partial charge < -0.3 is 20.4 Å². The molecule has 14 heteroatoms. The van der Waals surface area contributed by atoms with E-state index in [1.165, 1.54) is 19.3 Å². The molecule has 0 aromatic rings. The summed E-state index contributed by atoms with van der Waals surface area (Å²) in [6, 6.07) is -2.92. The van der Waals surface area contributed by atoms with E-state index in [4.69, 9.17) is 20.4 Å². The molecule has 0 aromatic heterocycles. The van der Waals surface area contributed by atoms with Gasteiger partial charge in [-0.1, -0.05) is 122 Å². The first-order chi connectivity index (χ1) is 22.4. The Labute approximate surface area is 279 Å². The molecule has 0 amide bonds. The van der Waals surface area contributed by atoms with Crippen LogP contribution in [0.5, 0.6) is 0 Å². The third kappa shape index (κ3) is 33.8. The van der Waals surface area contributed by atoms with Gasteiger partial charge in [-0.2, -0.15) is 0 Å². The van der Waals surface area contributed by atoms with E-state index in [2.05, 4.69) is 0 Å². The topological polar surface area (TPSA) is 235 Å². The highest BCUT2D eigenvalue weighted by Gasteiger charge is 2.28. The van der Waals surface area contributed by atoms with E-state index in [9.17, 15) is 39.4 Å². The molecular formula is C33H60N2O12. The largest absolute Gasteiger partial charge is 0.481 e. The zero-order chi connectivity index (χ0) is 35.7. The molecule has 0 saturated heterocycles. The van der Waals surface area contributed by atoms with Gasteiger partial charge in [0, 0.05) is 35.5 Å². The molecule has 0 radical (unpaired) electrons. The van der Waals surface area contributed by atoms with Crippen molar-refractivity contribution in [1.29, 1.82) is 0 Å². The third-order valence-corrected chi connectivity index (χ3v) is 8.07. The SMILES string of the molecule is O=C(O)CCCCCCCCCCCCCC(C(=O)O)[N+](=O)[O-].O=C(O)CCCCCCCCCCCCCCC(C(=O)O)[N+](=O)[O-]. The smallest absolute Gasteiger partial charge is 0.379 e. The number of carbonyl (C=O) groups is 4. The molecule has 0 rings (SSSR count). The van der Waals surface area contributed by atoms with Gasteiger partial charge in [0.15, 0.2) is 0 Å². The lowest BCUT2D eigenvalue weighted by atomic mass is 10.0. The van der Waals surface area contributed by atoms with Crippen LogP contribution < -0.4 is 0 Å². The average molecular weight is 677 g/mol. The summed E-state index contributed by atoms with van der Waals surface area (Å²) in [6.45, 7) is 0. The number of nitro groups is 2. The van der Waals surface area contributed by atoms with Crippen molar-refractivity contribution in [3.05, 3.63) is 20.2 Å². The van der Waals surface area contributed by atoms with Crippen LogP contribution in [0.25, 0.3) is 0 Å². The van der Waals surface area contributed by atoms with Crippen LogP contribution in [-0.4, -0.2) is 66.2 Å². The van der Waals surface area contributed by atoms with Gasteiger partial charge in [-0.15, -0.1) is 0 Å².